The maximum atomic E-state index is 11.3. The average molecular weight is 200 g/mol. The second-order valence-electron chi connectivity index (χ2n) is 2.44. The fourth-order valence-corrected chi connectivity index (χ4v) is 1.04. The minimum atomic E-state index is -1.18. The van der Waals surface area contributed by atoms with Crippen LogP contribution in [-0.2, 0) is 14.3 Å². The summed E-state index contributed by atoms with van der Waals surface area (Å²) in [5.74, 6) is -2.19. The summed E-state index contributed by atoms with van der Waals surface area (Å²) in [5, 5.41) is 0. The molecule has 1 heterocycles. The fraction of sp³-hybridized carbons (Fsp3) is 0.429. The van der Waals surface area contributed by atoms with E-state index in [-0.39, 0.29) is 11.4 Å². The van der Waals surface area contributed by atoms with Crippen LogP contribution in [0.1, 0.15) is 6.92 Å². The van der Waals surface area contributed by atoms with E-state index >= 15 is 0 Å². The first-order valence-corrected chi connectivity index (χ1v) is 3.82. The second-order valence-corrected chi connectivity index (χ2v) is 2.44. The van der Waals surface area contributed by atoms with Crippen molar-refractivity contribution in [3.63, 3.8) is 0 Å². The molecule has 7 heteroatoms. The number of carbonyl (C=O) groups excluding carboxylic acids is 4. The number of hydrogen-bond donors (Lipinski definition) is 0. The Labute approximate surface area is 79.2 Å². The predicted molar refractivity (Wildman–Crippen MR) is 42.0 cm³/mol. The SMILES string of the molecule is CCN1C(=O)C(=O)N(C(=O)OC)C1=O. The molecule has 0 N–H and O–H groups in total. The summed E-state index contributed by atoms with van der Waals surface area (Å²) in [6.45, 7) is 1.56. The summed E-state index contributed by atoms with van der Waals surface area (Å²) >= 11 is 0. The van der Waals surface area contributed by atoms with Gasteiger partial charge >= 0.3 is 23.9 Å². The van der Waals surface area contributed by atoms with Gasteiger partial charge in [-0.1, -0.05) is 0 Å². The minimum absolute atomic E-state index is 0.0386. The van der Waals surface area contributed by atoms with E-state index in [1.54, 1.807) is 0 Å². The van der Waals surface area contributed by atoms with Crippen molar-refractivity contribution < 1.29 is 23.9 Å². The highest BCUT2D eigenvalue weighted by atomic mass is 16.5. The highest BCUT2D eigenvalue weighted by Gasteiger charge is 2.47. The van der Waals surface area contributed by atoms with Crippen LogP contribution in [0.5, 0.6) is 0 Å². The van der Waals surface area contributed by atoms with Crippen molar-refractivity contribution in [1.82, 2.24) is 9.80 Å². The van der Waals surface area contributed by atoms with E-state index in [0.29, 0.717) is 4.90 Å². The lowest BCUT2D eigenvalue weighted by Crippen LogP contribution is -2.37. The van der Waals surface area contributed by atoms with E-state index in [9.17, 15) is 19.2 Å². The zero-order valence-electron chi connectivity index (χ0n) is 7.64. The second kappa shape index (κ2) is 3.44. The number of hydrogen-bond acceptors (Lipinski definition) is 5. The third-order valence-electron chi connectivity index (χ3n) is 1.73. The van der Waals surface area contributed by atoms with Crippen LogP contribution < -0.4 is 0 Å². The lowest BCUT2D eigenvalue weighted by molar-refractivity contribution is -0.142. The van der Waals surface area contributed by atoms with Gasteiger partial charge in [0, 0.05) is 6.54 Å². The molecule has 0 atom stereocenters. The van der Waals surface area contributed by atoms with E-state index in [1.165, 1.54) is 6.92 Å². The highest BCUT2D eigenvalue weighted by Crippen LogP contribution is 2.12. The molecule has 1 rings (SSSR count). The summed E-state index contributed by atoms with van der Waals surface area (Å²) in [6, 6.07) is -0.964. The Bertz CT molecular complexity index is 324. The van der Waals surface area contributed by atoms with Crippen LogP contribution in [0.3, 0.4) is 0 Å². The monoisotopic (exact) mass is 200 g/mol. The third kappa shape index (κ3) is 1.22. The lowest BCUT2D eigenvalue weighted by atomic mass is 10.5. The van der Waals surface area contributed by atoms with Crippen molar-refractivity contribution in [2.75, 3.05) is 13.7 Å². The molecule has 0 radical (unpaired) electrons. The van der Waals surface area contributed by atoms with Crippen LogP contribution in [0, 0.1) is 0 Å². The van der Waals surface area contributed by atoms with Gasteiger partial charge in [0.05, 0.1) is 7.11 Å². The van der Waals surface area contributed by atoms with Crippen molar-refractivity contribution in [1.29, 1.82) is 0 Å². The molecule has 1 saturated heterocycles. The van der Waals surface area contributed by atoms with Gasteiger partial charge in [0.1, 0.15) is 0 Å². The third-order valence-corrected chi connectivity index (χ3v) is 1.73. The molecule has 1 fully saturated rings. The van der Waals surface area contributed by atoms with E-state index < -0.39 is 23.9 Å². The zero-order valence-corrected chi connectivity index (χ0v) is 7.64. The number of nitrogens with zero attached hydrogens (tertiary/aromatic N) is 2. The first kappa shape index (κ1) is 10.2. The maximum Gasteiger partial charge on any atom is 0.425 e. The van der Waals surface area contributed by atoms with Crippen LogP contribution in [0.4, 0.5) is 9.59 Å². The molecular formula is C7H8N2O5. The topological polar surface area (TPSA) is 84.0 Å². The van der Waals surface area contributed by atoms with Crippen molar-refractivity contribution >= 4 is 23.9 Å². The molecule has 0 spiro atoms. The van der Waals surface area contributed by atoms with Gasteiger partial charge in [-0.05, 0) is 6.92 Å². The number of methoxy groups -OCH3 is 1. The van der Waals surface area contributed by atoms with Crippen molar-refractivity contribution in [3.05, 3.63) is 0 Å². The molecule has 0 aromatic heterocycles. The zero-order chi connectivity index (χ0) is 10.9. The summed E-state index contributed by atoms with van der Waals surface area (Å²) in [4.78, 5) is 45.2. The maximum absolute atomic E-state index is 11.3. The van der Waals surface area contributed by atoms with E-state index in [0.717, 1.165) is 7.11 Å². The van der Waals surface area contributed by atoms with Gasteiger partial charge in [0.25, 0.3) is 0 Å². The van der Waals surface area contributed by atoms with Crippen LogP contribution in [0.2, 0.25) is 0 Å². The van der Waals surface area contributed by atoms with Gasteiger partial charge in [-0.15, -0.1) is 0 Å². The van der Waals surface area contributed by atoms with Crippen molar-refractivity contribution in [3.8, 4) is 0 Å². The highest BCUT2D eigenvalue weighted by molar-refractivity contribution is 6.47. The number of amides is 5. The van der Waals surface area contributed by atoms with E-state index in [1.807, 2.05) is 0 Å². The average Bonchev–Trinajstić information content (AvgIpc) is 2.38. The molecule has 0 aromatic rings. The molecule has 0 bridgehead atoms. The molecular weight excluding hydrogens is 192 g/mol. The van der Waals surface area contributed by atoms with Crippen LogP contribution in [0.15, 0.2) is 0 Å². The molecule has 0 unspecified atom stereocenters. The van der Waals surface area contributed by atoms with Gasteiger partial charge in [0.2, 0.25) is 0 Å². The molecule has 0 aromatic carbocycles. The quantitative estimate of drug-likeness (QED) is 0.423. The molecule has 14 heavy (non-hydrogen) atoms. The molecule has 0 saturated carbocycles. The summed E-state index contributed by atoms with van der Waals surface area (Å²) in [5.41, 5.74) is 0. The minimum Gasteiger partial charge on any atom is -0.452 e. The number of imide groups is 4. The molecule has 1 aliphatic rings. The molecule has 76 valence electrons. The number of urea groups is 1. The molecule has 7 nitrogen and oxygen atoms in total. The number of likely N-dealkylation sites (N-methyl/N-ethyl adjacent to an activating group) is 1. The van der Waals surface area contributed by atoms with Crippen LogP contribution >= 0.6 is 0 Å². The van der Waals surface area contributed by atoms with Gasteiger partial charge in [0.15, 0.2) is 0 Å². The van der Waals surface area contributed by atoms with Gasteiger partial charge in [-0.3, -0.25) is 14.5 Å². The number of carbonyl (C=O) groups is 4. The Balaban J connectivity index is 3.01. The number of rotatable bonds is 1. The normalized spacial score (nSPS) is 16.6. The first-order chi connectivity index (χ1) is 6.54. The summed E-state index contributed by atoms with van der Waals surface area (Å²) in [7, 11) is 1.02. The standard InChI is InChI=1S/C7H8N2O5/c1-3-8-4(10)5(11)9(6(8)12)7(13)14-2/h3H2,1-2H3. The van der Waals surface area contributed by atoms with Gasteiger partial charge in [-0.25, -0.2) is 9.59 Å². The largest absolute Gasteiger partial charge is 0.452 e. The molecule has 0 aliphatic carbocycles. The van der Waals surface area contributed by atoms with Gasteiger partial charge < -0.3 is 4.74 Å². The number of ether oxygens (including phenoxy) is 1. The Morgan fingerprint density at radius 2 is 1.86 bits per heavy atom. The van der Waals surface area contributed by atoms with E-state index in [4.69, 9.17) is 0 Å². The Morgan fingerprint density at radius 3 is 2.21 bits per heavy atom. The van der Waals surface area contributed by atoms with Crippen molar-refractivity contribution in [2.24, 2.45) is 0 Å². The Hall–Kier alpha value is -1.92. The molecule has 5 amide bonds. The smallest absolute Gasteiger partial charge is 0.425 e. The fourth-order valence-electron chi connectivity index (χ4n) is 1.04. The predicted octanol–water partition coefficient (Wildman–Crippen LogP) is -0.436. The van der Waals surface area contributed by atoms with Crippen molar-refractivity contribution in [2.45, 2.75) is 6.92 Å². The summed E-state index contributed by atoms with van der Waals surface area (Å²) < 4.78 is 4.18. The van der Waals surface area contributed by atoms with Gasteiger partial charge in [-0.2, -0.15) is 4.90 Å². The first-order valence-electron chi connectivity index (χ1n) is 3.82. The van der Waals surface area contributed by atoms with Crippen LogP contribution in [-0.4, -0.2) is 47.4 Å². The summed E-state index contributed by atoms with van der Waals surface area (Å²) in [6.07, 6.45) is -1.15. The molecule has 1 aliphatic heterocycles. The Kier molecular flexibility index (Phi) is 2.50. The lowest BCUT2D eigenvalue weighted by Gasteiger charge is -2.10. The van der Waals surface area contributed by atoms with E-state index in [2.05, 4.69) is 4.74 Å². The van der Waals surface area contributed by atoms with Crippen LogP contribution in [0.25, 0.3) is 0 Å². The Morgan fingerprint density at radius 1 is 1.29 bits per heavy atom.